The van der Waals surface area contributed by atoms with Gasteiger partial charge >= 0.3 is 5.97 Å². The number of ether oxygens (including phenoxy) is 3. The molecule has 5 aromatic rings. The molecule has 15 heteroatoms. The SMILES string of the molecule is C[N+]1(C)C2CC(OC(=O)C(O)(c3cccs3)c3cc(C(=O)NCc4ccc(OCCCNC[C@H](O)c5ccc(O)c6[nH]c(=O)ccc56)cc4)cs3)C[C@@H]1[C@@H]1O[C@@H]21. The van der Waals surface area contributed by atoms with Crippen LogP contribution in [0, 0.1) is 0 Å². The molecule has 3 saturated heterocycles. The molecule has 13 nitrogen and oxygen atoms in total. The van der Waals surface area contributed by atoms with Crippen LogP contribution in [-0.4, -0.2) is 101 Å². The summed E-state index contributed by atoms with van der Waals surface area (Å²) in [7, 11) is 4.42. The van der Waals surface area contributed by atoms with Crippen LogP contribution in [0.2, 0.25) is 0 Å². The first-order valence-electron chi connectivity index (χ1n) is 18.7. The number of epoxide rings is 1. The van der Waals surface area contributed by atoms with Crippen molar-refractivity contribution in [3.63, 3.8) is 0 Å². The lowest BCUT2D eigenvalue weighted by molar-refractivity contribution is -0.938. The van der Waals surface area contributed by atoms with Gasteiger partial charge in [-0.15, -0.1) is 22.7 Å². The molecule has 3 aliphatic rings. The Balaban J connectivity index is 0.797. The summed E-state index contributed by atoms with van der Waals surface area (Å²) >= 11 is 2.42. The standard InChI is InChI=1S/C41H44N4O9S2/c1-45(2)29-18-26(19-30(45)38-37(29)54-38)53-40(50)41(51,33-5-3-16-55-33)34-17-24(22-56-34)39(49)43-20-23-6-8-25(9-7-23)52-15-4-14-42-21-32(47)27-10-12-31(46)36-28(27)11-13-35(48)44-36/h3,5-13,16-17,22,26,29-30,32,37-38,42,47,51H,4,14-15,18-21H2,1-2H3,(H2-,43,44,46,48,49)/p+1/t26?,29-,30?,32+,37+,38+,41?/m1/s1. The molecule has 1 amide bonds. The molecule has 7 atom stereocenters. The van der Waals surface area contributed by atoms with Gasteiger partial charge < -0.3 is 49.6 Å². The van der Waals surface area contributed by atoms with Gasteiger partial charge in [0.25, 0.3) is 5.91 Å². The molecule has 0 saturated carbocycles. The second-order valence-electron chi connectivity index (χ2n) is 15.2. The summed E-state index contributed by atoms with van der Waals surface area (Å²) < 4.78 is 18.7. The van der Waals surface area contributed by atoms with Crippen LogP contribution in [0.15, 0.2) is 82.3 Å². The summed E-state index contributed by atoms with van der Waals surface area (Å²) in [6, 6.07) is 19.0. The van der Waals surface area contributed by atoms with Crippen LogP contribution < -0.4 is 20.9 Å². The number of aromatic hydroxyl groups is 1. The highest BCUT2D eigenvalue weighted by atomic mass is 32.1. The number of hydrogen-bond donors (Lipinski definition) is 6. The number of nitrogens with zero attached hydrogens (tertiary/aromatic N) is 1. The minimum absolute atomic E-state index is 0.0534. The number of piperidine rings is 1. The number of aromatic amines is 1. The number of aliphatic hydroxyl groups excluding tert-OH is 1. The van der Waals surface area contributed by atoms with Gasteiger partial charge in [-0.3, -0.25) is 9.59 Å². The van der Waals surface area contributed by atoms with E-state index in [0.717, 1.165) is 21.4 Å². The van der Waals surface area contributed by atoms with E-state index < -0.39 is 17.7 Å². The number of aromatic nitrogens is 1. The number of quaternary nitrogens is 1. The predicted octanol–water partition coefficient (Wildman–Crippen LogP) is 3.91. The molecule has 2 aromatic carbocycles. The van der Waals surface area contributed by atoms with Gasteiger partial charge in [-0.25, -0.2) is 4.79 Å². The maximum Gasteiger partial charge on any atom is 0.349 e. The first-order valence-corrected chi connectivity index (χ1v) is 20.5. The molecule has 2 bridgehead atoms. The molecule has 0 spiro atoms. The number of hydrogen-bond acceptors (Lipinski definition) is 12. The number of carbonyl (C=O) groups excluding carboxylic acids is 2. The average molecular weight is 802 g/mol. The van der Waals surface area contributed by atoms with Crippen LogP contribution in [-0.2, 0) is 26.4 Å². The minimum Gasteiger partial charge on any atom is -0.506 e. The van der Waals surface area contributed by atoms with Crippen LogP contribution in [0.4, 0.5) is 0 Å². The molecule has 6 N–H and O–H groups in total. The number of fused-ring (bicyclic) bond motifs is 6. The Bertz CT molecular complexity index is 2250. The highest BCUT2D eigenvalue weighted by Crippen LogP contribution is 2.52. The summed E-state index contributed by atoms with van der Waals surface area (Å²) in [5.41, 5.74) is -0.255. The number of H-pyrrole nitrogens is 1. The number of carbonyl (C=O) groups is 2. The third-order valence-corrected chi connectivity index (χ3v) is 13.5. The monoisotopic (exact) mass is 801 g/mol. The van der Waals surface area contributed by atoms with Crippen molar-refractivity contribution < 1.29 is 43.6 Å². The van der Waals surface area contributed by atoms with Gasteiger partial charge in [0, 0.05) is 42.8 Å². The van der Waals surface area contributed by atoms with Crippen molar-refractivity contribution in [1.82, 2.24) is 15.6 Å². The molecular formula is C41H45N4O9S2+. The first kappa shape index (κ1) is 38.3. The fourth-order valence-corrected chi connectivity index (χ4v) is 10.1. The minimum atomic E-state index is -2.03. The summed E-state index contributed by atoms with van der Waals surface area (Å²) in [6.07, 6.45) is 1.32. The van der Waals surface area contributed by atoms with Crippen molar-refractivity contribution in [2.24, 2.45) is 0 Å². The molecule has 3 fully saturated rings. The van der Waals surface area contributed by atoms with E-state index >= 15 is 0 Å². The molecule has 3 unspecified atom stereocenters. The van der Waals surface area contributed by atoms with Crippen LogP contribution in [0.25, 0.3) is 10.9 Å². The summed E-state index contributed by atoms with van der Waals surface area (Å²) in [5.74, 6) is -0.427. The number of phenols is 1. The van der Waals surface area contributed by atoms with Crippen molar-refractivity contribution in [2.75, 3.05) is 33.8 Å². The topological polar surface area (TPSA) is 183 Å². The number of likely N-dealkylation sites (N-methyl/N-ethyl adjacent to an activating group) is 1. The number of thiophene rings is 2. The molecule has 3 aliphatic heterocycles. The third-order valence-electron chi connectivity index (χ3n) is 11.4. The number of benzene rings is 2. The van der Waals surface area contributed by atoms with E-state index in [2.05, 4.69) is 29.7 Å². The van der Waals surface area contributed by atoms with Crippen molar-refractivity contribution >= 4 is 45.5 Å². The lowest BCUT2D eigenvalue weighted by Crippen LogP contribution is -2.60. The Morgan fingerprint density at radius 3 is 2.54 bits per heavy atom. The number of rotatable bonds is 15. The van der Waals surface area contributed by atoms with Gasteiger partial charge in [0.1, 0.15) is 41.9 Å². The molecule has 56 heavy (non-hydrogen) atoms. The molecule has 0 radical (unpaired) electrons. The smallest absolute Gasteiger partial charge is 0.349 e. The van der Waals surface area contributed by atoms with E-state index in [1.54, 1.807) is 41.1 Å². The maximum atomic E-state index is 13.8. The average Bonchev–Trinajstić information content (AvgIpc) is 3.46. The number of morpholine rings is 1. The fraction of sp³-hybridized carbons (Fsp3) is 0.390. The predicted molar refractivity (Wildman–Crippen MR) is 211 cm³/mol. The largest absolute Gasteiger partial charge is 0.506 e. The Morgan fingerprint density at radius 2 is 1.80 bits per heavy atom. The number of amides is 1. The molecule has 6 heterocycles. The number of nitrogens with one attached hydrogen (secondary N) is 3. The van der Waals surface area contributed by atoms with Gasteiger partial charge in [-0.1, -0.05) is 24.3 Å². The van der Waals surface area contributed by atoms with Crippen molar-refractivity contribution in [3.8, 4) is 11.5 Å². The first-order chi connectivity index (χ1) is 26.9. The molecule has 3 aromatic heterocycles. The van der Waals surface area contributed by atoms with E-state index in [0.29, 0.717) is 69.9 Å². The van der Waals surface area contributed by atoms with Crippen LogP contribution in [0.5, 0.6) is 11.5 Å². The van der Waals surface area contributed by atoms with Crippen LogP contribution >= 0.6 is 22.7 Å². The van der Waals surface area contributed by atoms with Gasteiger partial charge in [0.05, 0.1) is 47.6 Å². The second-order valence-corrected chi connectivity index (χ2v) is 17.1. The molecule has 294 valence electrons. The highest BCUT2D eigenvalue weighted by Gasteiger charge is 2.71. The van der Waals surface area contributed by atoms with Gasteiger partial charge in [-0.2, -0.15) is 0 Å². The molecular weight excluding hydrogens is 757 g/mol. The van der Waals surface area contributed by atoms with Gasteiger partial charge in [0.15, 0.2) is 0 Å². The van der Waals surface area contributed by atoms with Crippen LogP contribution in [0.3, 0.4) is 0 Å². The van der Waals surface area contributed by atoms with E-state index in [-0.39, 0.29) is 60.7 Å². The zero-order valence-corrected chi connectivity index (χ0v) is 32.6. The van der Waals surface area contributed by atoms with Crippen molar-refractivity contribution in [1.29, 1.82) is 0 Å². The highest BCUT2D eigenvalue weighted by molar-refractivity contribution is 7.12. The normalized spacial score (nSPS) is 23.5. The quantitative estimate of drug-likeness (QED) is 0.0393. The van der Waals surface area contributed by atoms with Gasteiger partial charge in [0.2, 0.25) is 11.2 Å². The number of esters is 1. The summed E-state index contributed by atoms with van der Waals surface area (Å²) in [5, 5.41) is 43.0. The van der Waals surface area contributed by atoms with Gasteiger partial charge in [-0.05, 0) is 65.9 Å². The zero-order chi connectivity index (χ0) is 39.2. The van der Waals surface area contributed by atoms with E-state index in [4.69, 9.17) is 14.2 Å². The Kier molecular flexibility index (Phi) is 10.5. The van der Waals surface area contributed by atoms with E-state index in [9.17, 15) is 29.7 Å². The number of aliphatic hydroxyl groups is 2. The summed E-state index contributed by atoms with van der Waals surface area (Å²) in [4.78, 5) is 42.1. The fourth-order valence-electron chi connectivity index (χ4n) is 8.26. The third kappa shape index (κ3) is 7.36. The zero-order valence-electron chi connectivity index (χ0n) is 31.0. The summed E-state index contributed by atoms with van der Waals surface area (Å²) in [6.45, 7) is 1.60. The second kappa shape index (κ2) is 15.4. The van der Waals surface area contributed by atoms with Crippen molar-refractivity contribution in [2.45, 2.75) is 67.9 Å². The lowest BCUT2D eigenvalue weighted by atomic mass is 9.95. The Labute approximate surface area is 331 Å². The number of phenolic OH excluding ortho intramolecular Hbond substituents is 1. The lowest BCUT2D eigenvalue weighted by Gasteiger charge is -2.45. The number of pyridine rings is 1. The van der Waals surface area contributed by atoms with Crippen LogP contribution in [0.1, 0.15) is 56.6 Å². The molecule has 8 rings (SSSR count). The van der Waals surface area contributed by atoms with Crippen molar-refractivity contribution in [3.05, 3.63) is 114 Å². The van der Waals surface area contributed by atoms with E-state index in [1.807, 2.05) is 24.3 Å². The Hall–Kier alpha value is -4.61. The Morgan fingerprint density at radius 1 is 1.04 bits per heavy atom. The maximum absolute atomic E-state index is 13.8. The molecule has 0 aliphatic carbocycles. The van der Waals surface area contributed by atoms with E-state index in [1.165, 1.54) is 23.5 Å².